The summed E-state index contributed by atoms with van der Waals surface area (Å²) in [5.41, 5.74) is 4.95. The van der Waals surface area contributed by atoms with Crippen LogP contribution in [0.15, 0.2) is 79.1 Å². The van der Waals surface area contributed by atoms with Gasteiger partial charge in [-0.3, -0.25) is 4.79 Å². The molecule has 0 fully saturated rings. The van der Waals surface area contributed by atoms with Crippen LogP contribution in [0.4, 0.5) is 5.69 Å². The van der Waals surface area contributed by atoms with Gasteiger partial charge in [-0.05, 0) is 30.2 Å². The smallest absolute Gasteiger partial charge is 0.256 e. The number of fused-ring (bicyclic) bond motifs is 1. The third kappa shape index (κ3) is 3.29. The number of nitrogens with zero attached hydrogens (tertiary/aromatic N) is 2. The topological polar surface area (TPSA) is 54.9 Å². The first-order valence-corrected chi connectivity index (χ1v) is 8.96. The standard InChI is InChI=1S/C23H19N3O/c1-2-16-9-3-7-13-20(16)26-23(27)18-11-5-4-10-17(18)22-19-12-6-8-14-21(19)24-15-25-22/h3-15H,2H2,1H3,(H,26,27). The van der Waals surface area contributed by atoms with Gasteiger partial charge in [-0.25, -0.2) is 9.97 Å². The summed E-state index contributed by atoms with van der Waals surface area (Å²) < 4.78 is 0. The molecule has 1 aromatic heterocycles. The molecule has 0 saturated heterocycles. The summed E-state index contributed by atoms with van der Waals surface area (Å²) in [5.74, 6) is -0.144. The zero-order chi connectivity index (χ0) is 18.6. The number of aryl methyl sites for hydroxylation is 1. The molecule has 1 amide bonds. The molecular weight excluding hydrogens is 334 g/mol. The van der Waals surface area contributed by atoms with E-state index in [2.05, 4.69) is 22.2 Å². The molecule has 0 unspecified atom stereocenters. The lowest BCUT2D eigenvalue weighted by molar-refractivity contribution is 0.102. The summed E-state index contributed by atoms with van der Waals surface area (Å²) in [5, 5.41) is 3.98. The summed E-state index contributed by atoms with van der Waals surface area (Å²) in [6, 6.07) is 23.2. The van der Waals surface area contributed by atoms with Gasteiger partial charge in [0.1, 0.15) is 6.33 Å². The molecule has 4 rings (SSSR count). The molecule has 0 spiro atoms. The van der Waals surface area contributed by atoms with Crippen LogP contribution < -0.4 is 5.32 Å². The van der Waals surface area contributed by atoms with E-state index in [1.165, 1.54) is 0 Å². The number of amides is 1. The molecule has 0 saturated carbocycles. The van der Waals surface area contributed by atoms with Gasteiger partial charge in [-0.1, -0.05) is 61.5 Å². The lowest BCUT2D eigenvalue weighted by Gasteiger charge is -2.13. The van der Waals surface area contributed by atoms with Gasteiger partial charge in [0.05, 0.1) is 11.2 Å². The monoisotopic (exact) mass is 353 g/mol. The summed E-state index contributed by atoms with van der Waals surface area (Å²) in [6.45, 7) is 2.08. The lowest BCUT2D eigenvalue weighted by atomic mass is 10.00. The van der Waals surface area contributed by atoms with Gasteiger partial charge in [-0.2, -0.15) is 0 Å². The largest absolute Gasteiger partial charge is 0.322 e. The number of nitrogens with one attached hydrogen (secondary N) is 1. The second-order valence-electron chi connectivity index (χ2n) is 6.25. The van der Waals surface area contributed by atoms with Crippen LogP contribution in [0.5, 0.6) is 0 Å². The summed E-state index contributed by atoms with van der Waals surface area (Å²) in [6.07, 6.45) is 2.40. The second-order valence-corrected chi connectivity index (χ2v) is 6.25. The van der Waals surface area contributed by atoms with Gasteiger partial charge in [0.25, 0.3) is 5.91 Å². The van der Waals surface area contributed by atoms with E-state index >= 15 is 0 Å². The Labute approximate surface area is 157 Å². The lowest BCUT2D eigenvalue weighted by Crippen LogP contribution is -2.14. The molecule has 0 aliphatic rings. The Morgan fingerprint density at radius 3 is 2.52 bits per heavy atom. The van der Waals surface area contributed by atoms with Crippen LogP contribution in [0.25, 0.3) is 22.2 Å². The number of rotatable bonds is 4. The van der Waals surface area contributed by atoms with Crippen LogP contribution in [-0.4, -0.2) is 15.9 Å². The van der Waals surface area contributed by atoms with Crippen molar-refractivity contribution in [3.8, 4) is 11.3 Å². The van der Waals surface area contributed by atoms with E-state index in [1.807, 2.05) is 72.8 Å². The highest BCUT2D eigenvalue weighted by Crippen LogP contribution is 2.29. The number of hydrogen-bond donors (Lipinski definition) is 1. The fourth-order valence-electron chi connectivity index (χ4n) is 3.25. The zero-order valence-electron chi connectivity index (χ0n) is 15.0. The van der Waals surface area contributed by atoms with Crippen molar-refractivity contribution in [2.45, 2.75) is 13.3 Å². The van der Waals surface area contributed by atoms with E-state index in [0.717, 1.165) is 39.8 Å². The number of anilines is 1. The summed E-state index contributed by atoms with van der Waals surface area (Å²) in [7, 11) is 0. The van der Waals surface area contributed by atoms with Crippen LogP contribution in [0.2, 0.25) is 0 Å². The molecule has 4 nitrogen and oxygen atoms in total. The highest BCUT2D eigenvalue weighted by molar-refractivity contribution is 6.10. The maximum Gasteiger partial charge on any atom is 0.256 e. The van der Waals surface area contributed by atoms with E-state index in [-0.39, 0.29) is 5.91 Å². The van der Waals surface area contributed by atoms with Gasteiger partial charge in [0, 0.05) is 22.2 Å². The van der Waals surface area contributed by atoms with Crippen molar-refractivity contribution < 1.29 is 4.79 Å². The Bertz CT molecular complexity index is 1120. The molecule has 1 N–H and O–H groups in total. The number of hydrogen-bond acceptors (Lipinski definition) is 3. The Kier molecular flexibility index (Phi) is 4.62. The number of benzene rings is 3. The minimum Gasteiger partial charge on any atom is -0.322 e. The Morgan fingerprint density at radius 2 is 1.63 bits per heavy atom. The molecule has 3 aromatic carbocycles. The summed E-state index contributed by atoms with van der Waals surface area (Å²) in [4.78, 5) is 21.8. The maximum absolute atomic E-state index is 13.1. The van der Waals surface area contributed by atoms with E-state index in [1.54, 1.807) is 6.33 Å². The number of para-hydroxylation sites is 2. The van der Waals surface area contributed by atoms with Crippen LogP contribution in [0, 0.1) is 0 Å². The molecule has 0 aliphatic heterocycles. The van der Waals surface area contributed by atoms with Gasteiger partial charge in [-0.15, -0.1) is 0 Å². The molecule has 0 bridgehead atoms. The number of carbonyl (C=O) groups excluding carboxylic acids is 1. The van der Waals surface area contributed by atoms with Crippen molar-refractivity contribution in [3.63, 3.8) is 0 Å². The van der Waals surface area contributed by atoms with Crippen molar-refractivity contribution in [2.75, 3.05) is 5.32 Å². The van der Waals surface area contributed by atoms with E-state index in [9.17, 15) is 4.79 Å². The molecular formula is C23H19N3O. The molecule has 1 heterocycles. The first kappa shape index (κ1) is 16.9. The average Bonchev–Trinajstić information content (AvgIpc) is 2.73. The van der Waals surface area contributed by atoms with Crippen LogP contribution >= 0.6 is 0 Å². The molecule has 4 aromatic rings. The quantitative estimate of drug-likeness (QED) is 0.554. The normalized spacial score (nSPS) is 10.7. The highest BCUT2D eigenvalue weighted by Gasteiger charge is 2.16. The van der Waals surface area contributed by atoms with Crippen LogP contribution in [0.1, 0.15) is 22.8 Å². The van der Waals surface area contributed by atoms with Crippen molar-refractivity contribution in [1.82, 2.24) is 9.97 Å². The Morgan fingerprint density at radius 1 is 0.889 bits per heavy atom. The van der Waals surface area contributed by atoms with Gasteiger partial charge in [0.2, 0.25) is 0 Å². The predicted octanol–water partition coefficient (Wildman–Crippen LogP) is 5.11. The SMILES string of the molecule is CCc1ccccc1NC(=O)c1ccccc1-c1ncnc2ccccc12. The van der Waals surface area contributed by atoms with Crippen molar-refractivity contribution in [1.29, 1.82) is 0 Å². The fraction of sp³-hybridized carbons (Fsp3) is 0.0870. The minimum atomic E-state index is -0.144. The molecule has 27 heavy (non-hydrogen) atoms. The number of carbonyl (C=O) groups is 1. The summed E-state index contributed by atoms with van der Waals surface area (Å²) >= 11 is 0. The molecule has 0 atom stereocenters. The fourth-order valence-corrected chi connectivity index (χ4v) is 3.25. The van der Waals surface area contributed by atoms with Gasteiger partial charge < -0.3 is 5.32 Å². The van der Waals surface area contributed by atoms with Crippen LogP contribution in [0.3, 0.4) is 0 Å². The van der Waals surface area contributed by atoms with Gasteiger partial charge >= 0.3 is 0 Å². The van der Waals surface area contributed by atoms with E-state index in [4.69, 9.17) is 0 Å². The van der Waals surface area contributed by atoms with E-state index in [0.29, 0.717) is 5.56 Å². The first-order valence-electron chi connectivity index (χ1n) is 8.96. The average molecular weight is 353 g/mol. The van der Waals surface area contributed by atoms with Crippen molar-refractivity contribution in [3.05, 3.63) is 90.3 Å². The van der Waals surface area contributed by atoms with Crippen molar-refractivity contribution >= 4 is 22.5 Å². The first-order chi connectivity index (χ1) is 13.3. The zero-order valence-corrected chi connectivity index (χ0v) is 15.0. The molecule has 4 heteroatoms. The third-order valence-electron chi connectivity index (χ3n) is 4.62. The van der Waals surface area contributed by atoms with Gasteiger partial charge in [0.15, 0.2) is 0 Å². The molecule has 0 aliphatic carbocycles. The molecule has 0 radical (unpaired) electrons. The minimum absolute atomic E-state index is 0.144. The maximum atomic E-state index is 13.1. The number of aromatic nitrogens is 2. The second kappa shape index (κ2) is 7.38. The predicted molar refractivity (Wildman–Crippen MR) is 109 cm³/mol. The van der Waals surface area contributed by atoms with E-state index < -0.39 is 0 Å². The Balaban J connectivity index is 1.78. The highest BCUT2D eigenvalue weighted by atomic mass is 16.1. The molecule has 132 valence electrons. The third-order valence-corrected chi connectivity index (χ3v) is 4.62. The van der Waals surface area contributed by atoms with Crippen LogP contribution in [-0.2, 0) is 6.42 Å². The Hall–Kier alpha value is -3.53. The van der Waals surface area contributed by atoms with Crippen molar-refractivity contribution in [2.24, 2.45) is 0 Å².